The minimum absolute atomic E-state index is 0.124. The molecular formula is C6H9NO. The number of hydrogen-bond acceptors (Lipinski definition) is 2. The summed E-state index contributed by atoms with van der Waals surface area (Å²) in [7, 11) is 0. The van der Waals surface area contributed by atoms with Crippen LogP contribution in [0, 0.1) is 11.3 Å². The molecule has 0 spiro atoms. The van der Waals surface area contributed by atoms with E-state index in [-0.39, 0.29) is 6.61 Å². The number of aliphatic hydroxyl groups is 1. The Labute approximate surface area is 49.1 Å². The van der Waals surface area contributed by atoms with Gasteiger partial charge < -0.3 is 5.11 Å². The maximum Gasteiger partial charge on any atom is 0.0940 e. The maximum atomic E-state index is 8.26. The summed E-state index contributed by atoms with van der Waals surface area (Å²) in [6.45, 7) is 1.84. The number of aliphatic hydroxyl groups excluding tert-OH is 1. The van der Waals surface area contributed by atoms with Gasteiger partial charge in [0.15, 0.2) is 0 Å². The minimum atomic E-state index is 0.124. The molecule has 0 saturated carbocycles. The molecule has 0 aliphatic rings. The second-order valence-corrected chi connectivity index (χ2v) is 1.51. The first kappa shape index (κ1) is 7.19. The molecule has 2 nitrogen and oxygen atoms in total. The average Bonchev–Trinajstić information content (AvgIpc) is 1.83. The van der Waals surface area contributed by atoms with Gasteiger partial charge in [0.1, 0.15) is 0 Å². The summed E-state index contributed by atoms with van der Waals surface area (Å²) in [5, 5.41) is 16.4. The first-order valence-corrected chi connectivity index (χ1v) is 2.49. The molecule has 0 saturated heterocycles. The van der Waals surface area contributed by atoms with E-state index in [9.17, 15) is 0 Å². The van der Waals surface area contributed by atoms with E-state index < -0.39 is 0 Å². The second kappa shape index (κ2) is 4.35. The summed E-state index contributed by atoms with van der Waals surface area (Å²) in [4.78, 5) is 0. The fourth-order valence-electron chi connectivity index (χ4n) is 0.327. The van der Waals surface area contributed by atoms with Gasteiger partial charge in [-0.1, -0.05) is 6.08 Å². The van der Waals surface area contributed by atoms with Crippen molar-refractivity contribution in [1.82, 2.24) is 0 Å². The lowest BCUT2D eigenvalue weighted by molar-refractivity contribution is 0.302. The third-order valence-electron chi connectivity index (χ3n) is 0.756. The van der Waals surface area contributed by atoms with Crippen molar-refractivity contribution in [1.29, 1.82) is 5.26 Å². The Kier molecular flexibility index (Phi) is 3.91. The van der Waals surface area contributed by atoms with Crippen LogP contribution in [0.2, 0.25) is 0 Å². The van der Waals surface area contributed by atoms with Gasteiger partial charge in [-0.05, 0) is 13.3 Å². The van der Waals surface area contributed by atoms with Gasteiger partial charge in [0, 0.05) is 12.2 Å². The molecule has 0 amide bonds. The van der Waals surface area contributed by atoms with E-state index in [4.69, 9.17) is 10.4 Å². The molecule has 0 unspecified atom stereocenters. The lowest BCUT2D eigenvalue weighted by atomic mass is 10.3. The van der Waals surface area contributed by atoms with Gasteiger partial charge in [-0.15, -0.1) is 0 Å². The van der Waals surface area contributed by atoms with E-state index in [2.05, 4.69) is 0 Å². The molecule has 0 aromatic rings. The van der Waals surface area contributed by atoms with Gasteiger partial charge in [0.05, 0.1) is 6.07 Å². The smallest absolute Gasteiger partial charge is 0.0940 e. The van der Waals surface area contributed by atoms with Crippen molar-refractivity contribution in [3.05, 3.63) is 11.6 Å². The van der Waals surface area contributed by atoms with Crippen molar-refractivity contribution in [2.24, 2.45) is 0 Å². The number of hydrogen-bond donors (Lipinski definition) is 1. The highest BCUT2D eigenvalue weighted by Gasteiger charge is 1.80. The fourth-order valence-corrected chi connectivity index (χ4v) is 0.327. The topological polar surface area (TPSA) is 44.0 Å². The Morgan fingerprint density at radius 3 is 2.88 bits per heavy atom. The standard InChI is InChI=1S/C6H9NO/c1-6(5-7)3-2-4-8/h3,8H,2,4H2,1H3. The van der Waals surface area contributed by atoms with E-state index in [1.54, 1.807) is 13.0 Å². The van der Waals surface area contributed by atoms with Gasteiger partial charge in [-0.3, -0.25) is 0 Å². The van der Waals surface area contributed by atoms with Crippen LogP contribution < -0.4 is 0 Å². The quantitative estimate of drug-likeness (QED) is 0.536. The van der Waals surface area contributed by atoms with Crippen molar-refractivity contribution in [2.45, 2.75) is 13.3 Å². The Balaban J connectivity index is 3.46. The Morgan fingerprint density at radius 2 is 2.50 bits per heavy atom. The Bertz CT molecular complexity index is 121. The molecule has 0 rings (SSSR count). The van der Waals surface area contributed by atoms with Crippen LogP contribution in [0.3, 0.4) is 0 Å². The van der Waals surface area contributed by atoms with Crippen LogP contribution in [0.4, 0.5) is 0 Å². The number of nitriles is 1. The highest BCUT2D eigenvalue weighted by Crippen LogP contribution is 1.90. The van der Waals surface area contributed by atoms with E-state index >= 15 is 0 Å². The Hall–Kier alpha value is -0.810. The van der Waals surface area contributed by atoms with E-state index in [1.165, 1.54) is 0 Å². The van der Waals surface area contributed by atoms with E-state index in [1.807, 2.05) is 6.07 Å². The third kappa shape index (κ3) is 3.38. The summed E-state index contributed by atoms with van der Waals surface area (Å²) in [6, 6.07) is 1.95. The molecule has 0 atom stereocenters. The summed E-state index contributed by atoms with van der Waals surface area (Å²) >= 11 is 0. The zero-order valence-electron chi connectivity index (χ0n) is 4.89. The van der Waals surface area contributed by atoms with Gasteiger partial charge >= 0.3 is 0 Å². The van der Waals surface area contributed by atoms with Crippen molar-refractivity contribution in [2.75, 3.05) is 6.61 Å². The van der Waals surface area contributed by atoms with Crippen LogP contribution in [-0.2, 0) is 0 Å². The van der Waals surface area contributed by atoms with Crippen LogP contribution in [0.5, 0.6) is 0 Å². The normalized spacial score (nSPS) is 10.9. The van der Waals surface area contributed by atoms with Crippen molar-refractivity contribution in [3.8, 4) is 6.07 Å². The zero-order chi connectivity index (χ0) is 6.41. The average molecular weight is 111 g/mol. The highest BCUT2D eigenvalue weighted by atomic mass is 16.2. The monoisotopic (exact) mass is 111 g/mol. The molecule has 8 heavy (non-hydrogen) atoms. The molecule has 0 aliphatic carbocycles. The van der Waals surface area contributed by atoms with Crippen molar-refractivity contribution >= 4 is 0 Å². The van der Waals surface area contributed by atoms with Gasteiger partial charge in [-0.2, -0.15) is 5.26 Å². The van der Waals surface area contributed by atoms with Crippen LogP contribution in [0.25, 0.3) is 0 Å². The Morgan fingerprint density at radius 1 is 1.88 bits per heavy atom. The molecule has 0 aliphatic heterocycles. The van der Waals surface area contributed by atoms with Crippen LogP contribution in [-0.4, -0.2) is 11.7 Å². The van der Waals surface area contributed by atoms with Crippen LogP contribution >= 0.6 is 0 Å². The summed E-state index contributed by atoms with van der Waals surface area (Å²) in [5.41, 5.74) is 0.666. The van der Waals surface area contributed by atoms with Crippen molar-refractivity contribution in [3.63, 3.8) is 0 Å². The van der Waals surface area contributed by atoms with Crippen molar-refractivity contribution < 1.29 is 5.11 Å². The molecule has 0 radical (unpaired) electrons. The molecule has 0 bridgehead atoms. The lowest BCUT2D eigenvalue weighted by Crippen LogP contribution is -1.77. The molecule has 2 heteroatoms. The van der Waals surface area contributed by atoms with Gasteiger partial charge in [0.25, 0.3) is 0 Å². The highest BCUT2D eigenvalue weighted by molar-refractivity contribution is 5.16. The van der Waals surface area contributed by atoms with E-state index in [0.717, 1.165) is 0 Å². The summed E-state index contributed by atoms with van der Waals surface area (Å²) < 4.78 is 0. The third-order valence-corrected chi connectivity index (χ3v) is 0.756. The van der Waals surface area contributed by atoms with Crippen LogP contribution in [0.1, 0.15) is 13.3 Å². The molecule has 1 N–H and O–H groups in total. The predicted octanol–water partition coefficient (Wildman–Crippen LogP) is 0.839. The lowest BCUT2D eigenvalue weighted by Gasteiger charge is -1.82. The second-order valence-electron chi connectivity index (χ2n) is 1.51. The molecular weight excluding hydrogens is 102 g/mol. The summed E-state index contributed by atoms with van der Waals surface area (Å²) in [6.07, 6.45) is 2.29. The largest absolute Gasteiger partial charge is 0.396 e. The SMILES string of the molecule is CC(C#N)=CCCO. The molecule has 0 heterocycles. The molecule has 0 aromatic carbocycles. The minimum Gasteiger partial charge on any atom is -0.396 e. The van der Waals surface area contributed by atoms with Gasteiger partial charge in [0.2, 0.25) is 0 Å². The number of nitrogens with zero attached hydrogens (tertiary/aromatic N) is 1. The maximum absolute atomic E-state index is 8.26. The van der Waals surface area contributed by atoms with Crippen LogP contribution in [0.15, 0.2) is 11.6 Å². The van der Waals surface area contributed by atoms with E-state index in [0.29, 0.717) is 12.0 Å². The fraction of sp³-hybridized carbons (Fsp3) is 0.500. The first-order valence-electron chi connectivity index (χ1n) is 2.49. The zero-order valence-corrected chi connectivity index (χ0v) is 4.89. The predicted molar refractivity (Wildman–Crippen MR) is 31.1 cm³/mol. The molecule has 0 fully saturated rings. The summed E-state index contributed by atoms with van der Waals surface area (Å²) in [5.74, 6) is 0. The first-order chi connectivity index (χ1) is 3.81. The number of allylic oxidation sites excluding steroid dienone is 1. The number of rotatable bonds is 2. The molecule has 0 aromatic heterocycles. The van der Waals surface area contributed by atoms with Gasteiger partial charge in [-0.25, -0.2) is 0 Å². The molecule has 44 valence electrons.